The lowest BCUT2D eigenvalue weighted by Crippen LogP contribution is -2.47. The van der Waals surface area contributed by atoms with Crippen molar-refractivity contribution in [2.75, 3.05) is 32.7 Å². The van der Waals surface area contributed by atoms with Gasteiger partial charge in [0.15, 0.2) is 0 Å². The van der Waals surface area contributed by atoms with E-state index in [9.17, 15) is 9.90 Å². The van der Waals surface area contributed by atoms with Crippen LogP contribution in [0.2, 0.25) is 0 Å². The van der Waals surface area contributed by atoms with Crippen molar-refractivity contribution < 1.29 is 9.90 Å². The topological polar surface area (TPSA) is 43.8 Å². The monoisotopic (exact) mass is 254 g/mol. The number of hydrogen-bond donors (Lipinski definition) is 1. The number of piperidine rings is 1. The number of rotatable bonds is 2. The van der Waals surface area contributed by atoms with Crippen LogP contribution in [0.5, 0.6) is 0 Å². The molecule has 2 unspecified atom stereocenters. The Balaban J connectivity index is 1.79. The third-order valence-electron chi connectivity index (χ3n) is 4.26. The Morgan fingerprint density at radius 3 is 2.44 bits per heavy atom. The van der Waals surface area contributed by atoms with Crippen LogP contribution >= 0.6 is 0 Å². The molecule has 4 nitrogen and oxygen atoms in total. The number of amides is 1. The van der Waals surface area contributed by atoms with Crippen LogP contribution in [0.3, 0.4) is 0 Å². The summed E-state index contributed by atoms with van der Waals surface area (Å²) in [5, 5.41) is 9.69. The molecule has 2 rings (SSSR count). The summed E-state index contributed by atoms with van der Waals surface area (Å²) in [5.74, 6) is 0.566. The highest BCUT2D eigenvalue weighted by molar-refractivity contribution is 5.78. The van der Waals surface area contributed by atoms with Gasteiger partial charge in [0.2, 0.25) is 5.91 Å². The molecular formula is C14H26N2O2. The van der Waals surface area contributed by atoms with Crippen molar-refractivity contribution >= 4 is 5.91 Å². The van der Waals surface area contributed by atoms with Crippen LogP contribution in [0.1, 0.15) is 39.0 Å². The van der Waals surface area contributed by atoms with Crippen molar-refractivity contribution in [1.29, 1.82) is 0 Å². The summed E-state index contributed by atoms with van der Waals surface area (Å²) in [6.07, 6.45) is 5.44. The molecule has 2 aliphatic rings. The predicted molar refractivity (Wildman–Crippen MR) is 71.3 cm³/mol. The molecule has 2 fully saturated rings. The van der Waals surface area contributed by atoms with Gasteiger partial charge in [0.1, 0.15) is 0 Å². The molecule has 2 saturated heterocycles. The van der Waals surface area contributed by atoms with Crippen molar-refractivity contribution in [2.45, 2.75) is 45.1 Å². The smallest absolute Gasteiger partial charge is 0.236 e. The minimum Gasteiger partial charge on any atom is -0.393 e. The second-order valence-electron chi connectivity index (χ2n) is 5.86. The summed E-state index contributed by atoms with van der Waals surface area (Å²) in [5.41, 5.74) is 0. The van der Waals surface area contributed by atoms with Gasteiger partial charge in [-0.25, -0.2) is 0 Å². The molecule has 4 heteroatoms. The third-order valence-corrected chi connectivity index (χ3v) is 4.26. The van der Waals surface area contributed by atoms with Gasteiger partial charge in [0, 0.05) is 26.2 Å². The Kier molecular flexibility index (Phi) is 5.01. The molecule has 0 radical (unpaired) electrons. The quantitative estimate of drug-likeness (QED) is 0.802. The van der Waals surface area contributed by atoms with Gasteiger partial charge in [-0.15, -0.1) is 0 Å². The van der Waals surface area contributed by atoms with Gasteiger partial charge in [-0.05, 0) is 25.2 Å². The van der Waals surface area contributed by atoms with Crippen molar-refractivity contribution in [1.82, 2.24) is 9.80 Å². The van der Waals surface area contributed by atoms with E-state index in [4.69, 9.17) is 0 Å². The van der Waals surface area contributed by atoms with Crippen molar-refractivity contribution in [3.8, 4) is 0 Å². The molecule has 0 spiro atoms. The van der Waals surface area contributed by atoms with Gasteiger partial charge in [-0.1, -0.05) is 19.8 Å². The standard InChI is InChI=1S/C14H26N2O2/c1-12-10-15(9-6-13(12)17)11-14(18)16-7-4-2-3-5-8-16/h12-13,17H,2-11H2,1H3. The van der Waals surface area contributed by atoms with E-state index in [1.54, 1.807) is 0 Å². The van der Waals surface area contributed by atoms with E-state index < -0.39 is 0 Å². The summed E-state index contributed by atoms with van der Waals surface area (Å²) in [6.45, 7) is 6.17. The van der Waals surface area contributed by atoms with Crippen LogP contribution in [-0.2, 0) is 4.79 Å². The molecule has 1 N–H and O–H groups in total. The normalized spacial score (nSPS) is 31.1. The van der Waals surface area contributed by atoms with Crippen LogP contribution in [0.15, 0.2) is 0 Å². The summed E-state index contributed by atoms with van der Waals surface area (Å²) in [6, 6.07) is 0. The molecule has 0 aromatic carbocycles. The maximum Gasteiger partial charge on any atom is 0.236 e. The lowest BCUT2D eigenvalue weighted by Gasteiger charge is -2.35. The first-order chi connectivity index (χ1) is 8.66. The summed E-state index contributed by atoms with van der Waals surface area (Å²) >= 11 is 0. The fraction of sp³-hybridized carbons (Fsp3) is 0.929. The summed E-state index contributed by atoms with van der Waals surface area (Å²) in [4.78, 5) is 16.5. The average Bonchev–Trinajstić information content (AvgIpc) is 2.62. The molecule has 0 bridgehead atoms. The fourth-order valence-electron chi connectivity index (χ4n) is 2.97. The Labute approximate surface area is 110 Å². The molecule has 2 heterocycles. The summed E-state index contributed by atoms with van der Waals surface area (Å²) in [7, 11) is 0. The molecular weight excluding hydrogens is 228 g/mol. The first kappa shape index (κ1) is 13.8. The van der Waals surface area contributed by atoms with Crippen LogP contribution in [0, 0.1) is 5.92 Å². The van der Waals surface area contributed by atoms with Crippen LogP contribution in [0.25, 0.3) is 0 Å². The average molecular weight is 254 g/mol. The Bertz CT molecular complexity index is 275. The minimum atomic E-state index is -0.186. The Morgan fingerprint density at radius 2 is 1.83 bits per heavy atom. The molecule has 0 saturated carbocycles. The maximum atomic E-state index is 12.2. The van der Waals surface area contributed by atoms with E-state index in [0.717, 1.165) is 45.4 Å². The second kappa shape index (κ2) is 6.53. The van der Waals surface area contributed by atoms with Gasteiger partial charge in [-0.3, -0.25) is 9.69 Å². The molecule has 1 amide bonds. The van der Waals surface area contributed by atoms with E-state index >= 15 is 0 Å². The van der Waals surface area contributed by atoms with Gasteiger partial charge >= 0.3 is 0 Å². The van der Waals surface area contributed by atoms with E-state index in [2.05, 4.69) is 11.8 Å². The van der Waals surface area contributed by atoms with Gasteiger partial charge in [-0.2, -0.15) is 0 Å². The van der Waals surface area contributed by atoms with Gasteiger partial charge in [0.25, 0.3) is 0 Å². The fourth-order valence-corrected chi connectivity index (χ4v) is 2.97. The molecule has 18 heavy (non-hydrogen) atoms. The van der Waals surface area contributed by atoms with E-state index in [0.29, 0.717) is 6.54 Å². The highest BCUT2D eigenvalue weighted by Gasteiger charge is 2.26. The number of carbonyl (C=O) groups is 1. The largest absolute Gasteiger partial charge is 0.393 e. The number of nitrogens with zero attached hydrogens (tertiary/aromatic N) is 2. The predicted octanol–water partition coefficient (Wildman–Crippen LogP) is 1.09. The lowest BCUT2D eigenvalue weighted by atomic mass is 9.97. The third kappa shape index (κ3) is 3.69. The number of aliphatic hydroxyl groups excluding tert-OH is 1. The second-order valence-corrected chi connectivity index (χ2v) is 5.86. The van der Waals surface area contributed by atoms with E-state index in [1.165, 1.54) is 12.8 Å². The molecule has 0 aromatic rings. The van der Waals surface area contributed by atoms with Crippen molar-refractivity contribution in [3.05, 3.63) is 0 Å². The zero-order valence-corrected chi connectivity index (χ0v) is 11.5. The highest BCUT2D eigenvalue weighted by Crippen LogP contribution is 2.17. The molecule has 2 atom stereocenters. The SMILES string of the molecule is CC1CN(CC(=O)N2CCCCCC2)CCC1O. The number of likely N-dealkylation sites (tertiary alicyclic amines) is 2. The van der Waals surface area contributed by atoms with Crippen molar-refractivity contribution in [2.24, 2.45) is 5.92 Å². The van der Waals surface area contributed by atoms with Crippen LogP contribution < -0.4 is 0 Å². The highest BCUT2D eigenvalue weighted by atomic mass is 16.3. The lowest BCUT2D eigenvalue weighted by molar-refractivity contribution is -0.133. The molecule has 2 aliphatic heterocycles. The summed E-state index contributed by atoms with van der Waals surface area (Å²) < 4.78 is 0. The first-order valence-corrected chi connectivity index (χ1v) is 7.35. The Hall–Kier alpha value is -0.610. The zero-order chi connectivity index (χ0) is 13.0. The maximum absolute atomic E-state index is 12.2. The number of hydrogen-bond acceptors (Lipinski definition) is 3. The number of aliphatic hydroxyl groups is 1. The van der Waals surface area contributed by atoms with Crippen molar-refractivity contribution in [3.63, 3.8) is 0 Å². The molecule has 104 valence electrons. The first-order valence-electron chi connectivity index (χ1n) is 7.35. The van der Waals surface area contributed by atoms with Gasteiger partial charge < -0.3 is 10.0 Å². The van der Waals surface area contributed by atoms with Crippen LogP contribution in [-0.4, -0.2) is 59.6 Å². The molecule has 0 aliphatic carbocycles. The van der Waals surface area contributed by atoms with E-state index in [1.807, 2.05) is 4.90 Å². The van der Waals surface area contributed by atoms with Crippen LogP contribution in [0.4, 0.5) is 0 Å². The minimum absolute atomic E-state index is 0.186. The zero-order valence-electron chi connectivity index (χ0n) is 11.5. The Morgan fingerprint density at radius 1 is 1.17 bits per heavy atom. The van der Waals surface area contributed by atoms with E-state index in [-0.39, 0.29) is 17.9 Å². The molecule has 0 aromatic heterocycles. The van der Waals surface area contributed by atoms with Gasteiger partial charge in [0.05, 0.1) is 12.6 Å². The number of carbonyl (C=O) groups excluding carboxylic acids is 1.